The molecule has 0 aliphatic carbocycles. The Morgan fingerprint density at radius 3 is 3.05 bits per heavy atom. The van der Waals surface area contributed by atoms with Crippen molar-refractivity contribution in [1.29, 1.82) is 0 Å². The summed E-state index contributed by atoms with van der Waals surface area (Å²) in [6.07, 6.45) is 4.40. The molecule has 0 saturated carbocycles. The third-order valence-corrected chi connectivity index (χ3v) is 3.60. The molecule has 5 nitrogen and oxygen atoms in total. The van der Waals surface area contributed by atoms with Gasteiger partial charge < -0.3 is 20.3 Å². The summed E-state index contributed by atoms with van der Waals surface area (Å²) >= 11 is 0. The van der Waals surface area contributed by atoms with Gasteiger partial charge in [0.25, 0.3) is 0 Å². The number of aromatic amines is 1. The van der Waals surface area contributed by atoms with Crippen LogP contribution in [0.3, 0.4) is 0 Å². The first-order valence-electron chi connectivity index (χ1n) is 7.47. The minimum atomic E-state index is -0.176. The van der Waals surface area contributed by atoms with Gasteiger partial charge in [-0.3, -0.25) is 0 Å². The summed E-state index contributed by atoms with van der Waals surface area (Å²) in [4.78, 5) is 16.8. The van der Waals surface area contributed by atoms with Gasteiger partial charge in [-0.15, -0.1) is 6.58 Å². The number of nitrogens with one attached hydrogen (secondary N) is 2. The number of carbonyl (C=O) groups is 1. The van der Waals surface area contributed by atoms with Crippen LogP contribution in [0.5, 0.6) is 0 Å². The van der Waals surface area contributed by atoms with Crippen LogP contribution in [0, 0.1) is 6.92 Å². The maximum absolute atomic E-state index is 12.0. The van der Waals surface area contributed by atoms with Crippen LogP contribution in [0.1, 0.15) is 11.1 Å². The first-order valence-corrected chi connectivity index (χ1v) is 7.47. The van der Waals surface area contributed by atoms with E-state index in [-0.39, 0.29) is 12.6 Å². The zero-order valence-electron chi connectivity index (χ0n) is 12.9. The summed E-state index contributed by atoms with van der Waals surface area (Å²) in [6, 6.07) is 6.13. The first kappa shape index (κ1) is 16.1. The summed E-state index contributed by atoms with van der Waals surface area (Å²) in [5.74, 6) is 0. The number of aromatic nitrogens is 1. The topological polar surface area (TPSA) is 68.4 Å². The molecule has 5 heteroatoms. The van der Waals surface area contributed by atoms with Gasteiger partial charge in [-0.25, -0.2) is 4.79 Å². The van der Waals surface area contributed by atoms with Gasteiger partial charge in [-0.2, -0.15) is 0 Å². The van der Waals surface area contributed by atoms with Gasteiger partial charge >= 0.3 is 6.03 Å². The minimum Gasteiger partial charge on any atom is -0.395 e. The number of fused-ring (bicyclic) bond motifs is 1. The van der Waals surface area contributed by atoms with Crippen molar-refractivity contribution in [2.24, 2.45) is 0 Å². The summed E-state index contributed by atoms with van der Waals surface area (Å²) < 4.78 is 0. The monoisotopic (exact) mass is 301 g/mol. The molecule has 1 heterocycles. The predicted octanol–water partition coefficient (Wildman–Crippen LogP) is 2.21. The molecule has 0 saturated heterocycles. The van der Waals surface area contributed by atoms with Gasteiger partial charge in [0.2, 0.25) is 0 Å². The largest absolute Gasteiger partial charge is 0.395 e. The molecule has 2 rings (SSSR count). The summed E-state index contributed by atoms with van der Waals surface area (Å²) in [5, 5.41) is 13.0. The number of amides is 2. The average Bonchev–Trinajstić information content (AvgIpc) is 2.89. The number of aliphatic hydroxyl groups excluding tert-OH is 1. The van der Waals surface area contributed by atoms with Gasteiger partial charge in [0.1, 0.15) is 0 Å². The van der Waals surface area contributed by atoms with Crippen LogP contribution < -0.4 is 5.32 Å². The quantitative estimate of drug-likeness (QED) is 0.686. The second-order valence-electron chi connectivity index (χ2n) is 5.30. The van der Waals surface area contributed by atoms with Crippen LogP contribution in [0.2, 0.25) is 0 Å². The zero-order chi connectivity index (χ0) is 15.9. The number of hydrogen-bond acceptors (Lipinski definition) is 2. The Balaban J connectivity index is 1.91. The van der Waals surface area contributed by atoms with E-state index >= 15 is 0 Å². The van der Waals surface area contributed by atoms with Crippen molar-refractivity contribution in [3.63, 3.8) is 0 Å². The second-order valence-corrected chi connectivity index (χ2v) is 5.30. The maximum atomic E-state index is 12.0. The lowest BCUT2D eigenvalue weighted by Gasteiger charge is -2.20. The lowest BCUT2D eigenvalue weighted by molar-refractivity contribution is 0.184. The fraction of sp³-hybridized carbons (Fsp3) is 0.353. The van der Waals surface area contributed by atoms with E-state index in [2.05, 4.69) is 42.0 Å². The van der Waals surface area contributed by atoms with Gasteiger partial charge in [-0.1, -0.05) is 18.2 Å². The molecule has 2 amide bonds. The molecule has 0 fully saturated rings. The molecule has 0 spiro atoms. The number of carbonyl (C=O) groups excluding carboxylic acids is 1. The summed E-state index contributed by atoms with van der Waals surface area (Å²) in [6.45, 7) is 6.93. The fourth-order valence-corrected chi connectivity index (χ4v) is 2.48. The molecule has 0 aliphatic heterocycles. The van der Waals surface area contributed by atoms with Crippen molar-refractivity contribution in [2.75, 3.05) is 26.2 Å². The van der Waals surface area contributed by atoms with E-state index in [4.69, 9.17) is 5.11 Å². The molecule has 3 N–H and O–H groups in total. The number of aryl methyl sites for hydroxylation is 1. The third-order valence-electron chi connectivity index (χ3n) is 3.60. The van der Waals surface area contributed by atoms with Crippen LogP contribution in [0.15, 0.2) is 37.1 Å². The van der Waals surface area contributed by atoms with E-state index < -0.39 is 0 Å². The number of aliphatic hydroxyl groups is 1. The van der Waals surface area contributed by atoms with Crippen LogP contribution in [-0.4, -0.2) is 47.3 Å². The Morgan fingerprint density at radius 1 is 1.50 bits per heavy atom. The molecule has 0 aliphatic rings. The smallest absolute Gasteiger partial charge is 0.317 e. The van der Waals surface area contributed by atoms with Gasteiger partial charge in [0, 0.05) is 36.7 Å². The van der Waals surface area contributed by atoms with Crippen LogP contribution in [0.4, 0.5) is 4.79 Å². The lowest BCUT2D eigenvalue weighted by atomic mass is 10.1. The minimum absolute atomic E-state index is 0.0525. The molecule has 1 aromatic heterocycles. The molecular formula is C17H23N3O2. The molecule has 118 valence electrons. The van der Waals surface area contributed by atoms with Crippen molar-refractivity contribution in [2.45, 2.75) is 13.3 Å². The number of H-pyrrole nitrogens is 1. The van der Waals surface area contributed by atoms with E-state index in [9.17, 15) is 4.79 Å². The number of rotatable bonds is 7. The number of hydrogen-bond donors (Lipinski definition) is 3. The van der Waals surface area contributed by atoms with E-state index in [0.29, 0.717) is 19.6 Å². The number of nitrogens with zero attached hydrogens (tertiary/aromatic N) is 1. The molecule has 0 unspecified atom stereocenters. The average molecular weight is 301 g/mol. The Kier molecular flexibility index (Phi) is 5.61. The fourth-order valence-electron chi connectivity index (χ4n) is 2.48. The molecule has 2 aromatic rings. The van der Waals surface area contributed by atoms with E-state index in [1.54, 1.807) is 6.08 Å². The highest BCUT2D eigenvalue weighted by Gasteiger charge is 2.11. The molecule has 1 aromatic carbocycles. The standard InChI is InChI=1S/C17H23N3O2/c1-3-8-20(9-10-21)17(22)18-7-6-14-12-19-16-11-13(2)4-5-15(14)16/h3-5,11-12,19,21H,1,6-10H2,2H3,(H,18,22). The molecule has 0 atom stereocenters. The van der Waals surface area contributed by atoms with Crippen molar-refractivity contribution in [3.05, 3.63) is 48.2 Å². The second kappa shape index (κ2) is 7.66. The third kappa shape index (κ3) is 3.89. The molecular weight excluding hydrogens is 278 g/mol. The predicted molar refractivity (Wildman–Crippen MR) is 89.0 cm³/mol. The molecule has 0 bridgehead atoms. The summed E-state index contributed by atoms with van der Waals surface area (Å²) in [5.41, 5.74) is 3.53. The van der Waals surface area contributed by atoms with E-state index in [1.807, 2.05) is 6.20 Å². The van der Waals surface area contributed by atoms with Crippen LogP contribution in [0.25, 0.3) is 10.9 Å². The highest BCUT2D eigenvalue weighted by atomic mass is 16.3. The van der Waals surface area contributed by atoms with E-state index in [0.717, 1.165) is 11.9 Å². The Morgan fingerprint density at radius 2 is 2.32 bits per heavy atom. The highest BCUT2D eigenvalue weighted by Crippen LogP contribution is 2.19. The first-order chi connectivity index (χ1) is 10.7. The Bertz CT molecular complexity index is 648. The van der Waals surface area contributed by atoms with Crippen molar-refractivity contribution >= 4 is 16.9 Å². The molecule has 0 radical (unpaired) electrons. The lowest BCUT2D eigenvalue weighted by Crippen LogP contribution is -2.42. The van der Waals surface area contributed by atoms with Crippen molar-refractivity contribution < 1.29 is 9.90 Å². The summed E-state index contributed by atoms with van der Waals surface area (Å²) in [7, 11) is 0. The van der Waals surface area contributed by atoms with Crippen molar-refractivity contribution in [3.8, 4) is 0 Å². The van der Waals surface area contributed by atoms with E-state index in [1.165, 1.54) is 21.4 Å². The Labute approximate surface area is 130 Å². The van der Waals surface area contributed by atoms with Crippen molar-refractivity contribution in [1.82, 2.24) is 15.2 Å². The zero-order valence-corrected chi connectivity index (χ0v) is 12.9. The SMILES string of the molecule is C=CCN(CCO)C(=O)NCCc1c[nH]c2cc(C)ccc12. The van der Waals surface area contributed by atoms with Gasteiger partial charge in [-0.05, 0) is 30.5 Å². The van der Waals surface area contributed by atoms with Crippen LogP contribution >= 0.6 is 0 Å². The highest BCUT2D eigenvalue weighted by molar-refractivity contribution is 5.83. The number of urea groups is 1. The normalized spacial score (nSPS) is 10.6. The number of benzene rings is 1. The van der Waals surface area contributed by atoms with Gasteiger partial charge in [0.05, 0.1) is 6.61 Å². The molecule has 22 heavy (non-hydrogen) atoms. The Hall–Kier alpha value is -2.27. The maximum Gasteiger partial charge on any atom is 0.317 e. The van der Waals surface area contributed by atoms with Gasteiger partial charge in [0.15, 0.2) is 0 Å². The van der Waals surface area contributed by atoms with Crippen LogP contribution in [-0.2, 0) is 6.42 Å².